The van der Waals surface area contributed by atoms with E-state index in [-0.39, 0.29) is 17.3 Å². The quantitative estimate of drug-likeness (QED) is 0.741. The number of fused-ring (bicyclic) bond motifs is 1. The average molecular weight is 284 g/mol. The molecule has 0 aliphatic carbocycles. The van der Waals surface area contributed by atoms with Crippen LogP contribution in [-0.4, -0.2) is 23.3 Å². The molecule has 3 atom stereocenters. The number of aliphatic hydroxyl groups is 1. The van der Waals surface area contributed by atoms with Gasteiger partial charge in [-0.2, -0.15) is 0 Å². The van der Waals surface area contributed by atoms with E-state index in [4.69, 9.17) is 0 Å². The van der Waals surface area contributed by atoms with Gasteiger partial charge in [0.05, 0.1) is 12.1 Å². The molecule has 0 fully saturated rings. The molecule has 0 spiro atoms. The molecule has 20 heavy (non-hydrogen) atoms. The highest BCUT2D eigenvalue weighted by atomic mass is 19.1. The van der Waals surface area contributed by atoms with Gasteiger partial charge in [-0.1, -0.05) is 13.0 Å². The number of anilines is 1. The number of aliphatic hydroxyl groups excluding tert-OH is 1. The number of carbonyl (C=O) groups is 1. The van der Waals surface area contributed by atoms with Gasteiger partial charge in [-0.3, -0.25) is 10.1 Å². The zero-order valence-corrected chi connectivity index (χ0v) is 11.4. The third-order valence-corrected chi connectivity index (χ3v) is 3.61. The summed E-state index contributed by atoms with van der Waals surface area (Å²) in [5.41, 5.74) is -2.12. The van der Waals surface area contributed by atoms with Crippen LogP contribution in [-0.2, 0) is 10.5 Å². The first-order valence-electron chi connectivity index (χ1n) is 6.59. The van der Waals surface area contributed by atoms with Gasteiger partial charge in [-0.25, -0.2) is 8.78 Å². The number of hydrogen-bond acceptors (Lipinski definition) is 3. The fourth-order valence-electron chi connectivity index (χ4n) is 2.27. The number of alkyl halides is 1. The average Bonchev–Trinajstić information content (AvgIpc) is 2.37. The van der Waals surface area contributed by atoms with Crippen molar-refractivity contribution >= 4 is 11.6 Å². The van der Waals surface area contributed by atoms with Crippen LogP contribution in [0.5, 0.6) is 0 Å². The van der Waals surface area contributed by atoms with Crippen molar-refractivity contribution in [2.24, 2.45) is 0 Å². The van der Waals surface area contributed by atoms with E-state index >= 15 is 4.39 Å². The van der Waals surface area contributed by atoms with Crippen molar-refractivity contribution in [3.05, 3.63) is 29.6 Å². The Morgan fingerprint density at radius 1 is 1.55 bits per heavy atom. The second-order valence-electron chi connectivity index (χ2n) is 5.16. The van der Waals surface area contributed by atoms with E-state index in [1.807, 2.05) is 6.92 Å². The number of benzene rings is 1. The predicted octanol–water partition coefficient (Wildman–Crippen LogP) is 2.04. The van der Waals surface area contributed by atoms with Crippen molar-refractivity contribution in [2.45, 2.75) is 44.6 Å². The van der Waals surface area contributed by atoms with Crippen LogP contribution in [0.2, 0.25) is 0 Å². The molecule has 3 N–H and O–H groups in total. The van der Waals surface area contributed by atoms with Crippen LogP contribution >= 0.6 is 0 Å². The molecule has 6 heteroatoms. The summed E-state index contributed by atoms with van der Waals surface area (Å²) in [5.74, 6) is -1.16. The Bertz CT molecular complexity index is 524. The first kappa shape index (κ1) is 14.9. The van der Waals surface area contributed by atoms with Gasteiger partial charge in [0.25, 0.3) is 0 Å². The summed E-state index contributed by atoms with van der Waals surface area (Å²) >= 11 is 0. The highest BCUT2D eigenvalue weighted by molar-refractivity contribution is 5.95. The molecule has 0 saturated heterocycles. The zero-order chi connectivity index (χ0) is 14.9. The van der Waals surface area contributed by atoms with Crippen molar-refractivity contribution in [1.82, 2.24) is 5.32 Å². The van der Waals surface area contributed by atoms with Crippen LogP contribution < -0.4 is 10.6 Å². The summed E-state index contributed by atoms with van der Waals surface area (Å²) in [6.07, 6.45) is -1.33. The molecule has 0 bridgehead atoms. The SMILES string of the molecule is CCC(C)NC(O)C1(F)CC(=O)Nc2cc(F)ccc21. The van der Waals surface area contributed by atoms with E-state index in [2.05, 4.69) is 10.6 Å². The van der Waals surface area contributed by atoms with E-state index in [1.165, 1.54) is 6.07 Å². The molecule has 2 rings (SSSR count). The molecular weight excluding hydrogens is 266 g/mol. The normalized spacial score (nSPS) is 24.8. The number of rotatable bonds is 4. The lowest BCUT2D eigenvalue weighted by atomic mass is 9.85. The minimum absolute atomic E-state index is 0.0637. The summed E-state index contributed by atoms with van der Waals surface area (Å²) in [6.45, 7) is 3.70. The minimum Gasteiger partial charge on any atom is -0.375 e. The van der Waals surface area contributed by atoms with Crippen LogP contribution in [0, 0.1) is 5.82 Å². The van der Waals surface area contributed by atoms with Gasteiger partial charge in [0.2, 0.25) is 5.91 Å². The molecule has 3 unspecified atom stereocenters. The highest BCUT2D eigenvalue weighted by Gasteiger charge is 2.47. The molecule has 0 radical (unpaired) electrons. The molecular formula is C14H18F2N2O2. The Kier molecular flexibility index (Phi) is 4.06. The number of amides is 1. The molecule has 110 valence electrons. The monoisotopic (exact) mass is 284 g/mol. The van der Waals surface area contributed by atoms with Gasteiger partial charge >= 0.3 is 0 Å². The largest absolute Gasteiger partial charge is 0.375 e. The van der Waals surface area contributed by atoms with Crippen LogP contribution in [0.1, 0.15) is 32.3 Å². The number of carbonyl (C=O) groups excluding carboxylic acids is 1. The van der Waals surface area contributed by atoms with E-state index in [9.17, 15) is 14.3 Å². The van der Waals surface area contributed by atoms with E-state index in [0.717, 1.165) is 12.1 Å². The summed E-state index contributed by atoms with van der Waals surface area (Å²) < 4.78 is 28.3. The molecule has 1 aromatic carbocycles. The van der Waals surface area contributed by atoms with Crippen LogP contribution in [0.3, 0.4) is 0 Å². The zero-order valence-electron chi connectivity index (χ0n) is 11.4. The second-order valence-corrected chi connectivity index (χ2v) is 5.16. The first-order chi connectivity index (χ1) is 9.36. The van der Waals surface area contributed by atoms with Gasteiger partial charge in [0, 0.05) is 11.6 Å². The maximum atomic E-state index is 15.1. The lowest BCUT2D eigenvalue weighted by Crippen LogP contribution is -2.52. The van der Waals surface area contributed by atoms with Crippen LogP contribution in [0.4, 0.5) is 14.5 Å². The fraction of sp³-hybridized carbons (Fsp3) is 0.500. The topological polar surface area (TPSA) is 61.4 Å². The highest BCUT2D eigenvalue weighted by Crippen LogP contribution is 2.41. The number of hydrogen-bond donors (Lipinski definition) is 3. The maximum Gasteiger partial charge on any atom is 0.228 e. The van der Waals surface area contributed by atoms with Crippen LogP contribution in [0.15, 0.2) is 18.2 Å². The Labute approximate surface area is 116 Å². The Morgan fingerprint density at radius 2 is 2.25 bits per heavy atom. The van der Waals surface area contributed by atoms with Crippen molar-refractivity contribution < 1.29 is 18.7 Å². The minimum atomic E-state index is -2.27. The van der Waals surface area contributed by atoms with Crippen molar-refractivity contribution in [2.75, 3.05) is 5.32 Å². The second kappa shape index (κ2) is 5.46. The smallest absolute Gasteiger partial charge is 0.228 e. The third-order valence-electron chi connectivity index (χ3n) is 3.61. The Hall–Kier alpha value is -1.53. The van der Waals surface area contributed by atoms with Crippen molar-refractivity contribution in [1.29, 1.82) is 0 Å². The lowest BCUT2D eigenvalue weighted by molar-refractivity contribution is -0.125. The summed E-state index contributed by atoms with van der Waals surface area (Å²) in [6, 6.07) is 3.31. The van der Waals surface area contributed by atoms with Crippen molar-refractivity contribution in [3.63, 3.8) is 0 Å². The molecule has 0 saturated carbocycles. The van der Waals surface area contributed by atoms with Crippen LogP contribution in [0.25, 0.3) is 0 Å². The fourth-order valence-corrected chi connectivity index (χ4v) is 2.27. The standard InChI is InChI=1S/C14H18F2N2O2/c1-3-8(2)17-13(20)14(16)7-12(19)18-11-6-9(15)4-5-10(11)14/h4-6,8,13,17,20H,3,7H2,1-2H3,(H,18,19). The maximum absolute atomic E-state index is 15.1. The molecule has 0 aromatic heterocycles. The molecule has 1 heterocycles. The summed E-state index contributed by atoms with van der Waals surface area (Å²) in [4.78, 5) is 11.6. The molecule has 1 aliphatic rings. The van der Waals surface area contributed by atoms with Crippen molar-refractivity contribution in [3.8, 4) is 0 Å². The molecule has 1 amide bonds. The lowest BCUT2D eigenvalue weighted by Gasteiger charge is -2.36. The van der Waals surface area contributed by atoms with Gasteiger partial charge in [-0.15, -0.1) is 0 Å². The van der Waals surface area contributed by atoms with Gasteiger partial charge in [-0.05, 0) is 25.5 Å². The molecule has 1 aromatic rings. The Balaban J connectivity index is 2.38. The van der Waals surface area contributed by atoms with Gasteiger partial charge in [0.15, 0.2) is 5.67 Å². The van der Waals surface area contributed by atoms with E-state index in [0.29, 0.717) is 6.42 Å². The van der Waals surface area contributed by atoms with E-state index in [1.54, 1.807) is 6.92 Å². The predicted molar refractivity (Wildman–Crippen MR) is 71.3 cm³/mol. The van der Waals surface area contributed by atoms with Gasteiger partial charge < -0.3 is 10.4 Å². The first-order valence-corrected chi connectivity index (χ1v) is 6.59. The van der Waals surface area contributed by atoms with Gasteiger partial charge in [0.1, 0.15) is 12.0 Å². The van der Waals surface area contributed by atoms with E-state index < -0.39 is 30.0 Å². The summed E-state index contributed by atoms with van der Waals surface area (Å²) in [5, 5.41) is 15.3. The third kappa shape index (κ3) is 2.66. The number of nitrogens with one attached hydrogen (secondary N) is 2. The Morgan fingerprint density at radius 3 is 2.90 bits per heavy atom. The summed E-state index contributed by atoms with van der Waals surface area (Å²) in [7, 11) is 0. The molecule has 1 aliphatic heterocycles. The number of halogens is 2. The molecule has 4 nitrogen and oxygen atoms in total.